The molecule has 1 saturated heterocycles. The molecule has 2 aliphatic rings. The Hall–Kier alpha value is -0.650. The van der Waals surface area contributed by atoms with Gasteiger partial charge in [-0.3, -0.25) is 4.79 Å². The smallest absolute Gasteiger partial charge is 0.230 e. The van der Waals surface area contributed by atoms with Crippen molar-refractivity contribution in [2.45, 2.75) is 37.8 Å². The number of aliphatic hydroxyl groups is 1. The summed E-state index contributed by atoms with van der Waals surface area (Å²) in [6.45, 7) is 1.33. The molecule has 5 heteroatoms. The Bertz CT molecular complexity index is 266. The molecule has 3 N–H and O–H groups in total. The molecule has 0 bridgehead atoms. The average Bonchev–Trinajstić information content (AvgIpc) is 2.95. The lowest BCUT2D eigenvalue weighted by Gasteiger charge is -2.31. The van der Waals surface area contributed by atoms with Gasteiger partial charge in [-0.15, -0.1) is 0 Å². The van der Waals surface area contributed by atoms with Crippen molar-refractivity contribution in [1.82, 2.24) is 4.90 Å². The molecule has 1 amide bonds. The fourth-order valence-corrected chi connectivity index (χ4v) is 2.83. The monoisotopic (exact) mass is 242 g/mol. The van der Waals surface area contributed by atoms with Crippen LogP contribution in [-0.2, 0) is 9.53 Å². The third-order valence-corrected chi connectivity index (χ3v) is 3.83. The predicted octanol–water partition coefficient (Wildman–Crippen LogP) is -0.276. The number of carbonyl (C=O) groups is 1. The number of hydrogen-bond acceptors (Lipinski definition) is 4. The molecule has 0 spiro atoms. The molecule has 1 saturated carbocycles. The van der Waals surface area contributed by atoms with E-state index in [-0.39, 0.29) is 24.5 Å². The molecule has 5 nitrogen and oxygen atoms in total. The lowest BCUT2D eigenvalue weighted by molar-refractivity contribution is -0.138. The summed E-state index contributed by atoms with van der Waals surface area (Å²) in [4.78, 5) is 14.2. The number of rotatable bonds is 4. The van der Waals surface area contributed by atoms with E-state index in [0.717, 1.165) is 12.8 Å². The van der Waals surface area contributed by atoms with Crippen molar-refractivity contribution in [2.24, 2.45) is 11.7 Å². The topological polar surface area (TPSA) is 75.8 Å². The molecule has 2 rings (SSSR count). The van der Waals surface area contributed by atoms with Crippen molar-refractivity contribution in [3.63, 3.8) is 0 Å². The number of hydrogen-bond donors (Lipinski definition) is 2. The van der Waals surface area contributed by atoms with Crippen LogP contribution in [0.3, 0.4) is 0 Å². The van der Waals surface area contributed by atoms with Gasteiger partial charge in [0.2, 0.25) is 5.91 Å². The maximum atomic E-state index is 12.4. The van der Waals surface area contributed by atoms with Gasteiger partial charge < -0.3 is 20.5 Å². The molecule has 17 heavy (non-hydrogen) atoms. The number of amides is 1. The van der Waals surface area contributed by atoms with Crippen LogP contribution in [0.1, 0.15) is 25.7 Å². The molecular weight excluding hydrogens is 220 g/mol. The van der Waals surface area contributed by atoms with E-state index in [1.54, 1.807) is 0 Å². The van der Waals surface area contributed by atoms with Crippen LogP contribution in [0.2, 0.25) is 0 Å². The average molecular weight is 242 g/mol. The van der Waals surface area contributed by atoms with Gasteiger partial charge in [0.25, 0.3) is 0 Å². The van der Waals surface area contributed by atoms with Gasteiger partial charge in [0, 0.05) is 18.6 Å². The molecule has 98 valence electrons. The number of aliphatic hydroxyl groups excluding tert-OH is 1. The maximum absolute atomic E-state index is 12.4. The molecule has 2 fully saturated rings. The van der Waals surface area contributed by atoms with Gasteiger partial charge in [-0.2, -0.15) is 0 Å². The predicted molar refractivity (Wildman–Crippen MR) is 63.3 cm³/mol. The van der Waals surface area contributed by atoms with Crippen LogP contribution < -0.4 is 5.73 Å². The van der Waals surface area contributed by atoms with Crippen LogP contribution in [0.25, 0.3) is 0 Å². The molecule has 0 aromatic heterocycles. The number of nitrogens with zero attached hydrogens (tertiary/aromatic N) is 1. The van der Waals surface area contributed by atoms with E-state index in [9.17, 15) is 4.79 Å². The summed E-state index contributed by atoms with van der Waals surface area (Å²) in [6.07, 6.45) is 4.45. The minimum Gasteiger partial charge on any atom is -0.395 e. The highest BCUT2D eigenvalue weighted by atomic mass is 16.5. The van der Waals surface area contributed by atoms with Crippen molar-refractivity contribution in [3.05, 3.63) is 0 Å². The van der Waals surface area contributed by atoms with Crippen LogP contribution in [0.15, 0.2) is 0 Å². The van der Waals surface area contributed by atoms with Crippen LogP contribution in [0, 0.1) is 5.92 Å². The highest BCUT2D eigenvalue weighted by Gasteiger charge is 2.37. The fourth-order valence-electron chi connectivity index (χ4n) is 2.83. The third-order valence-electron chi connectivity index (χ3n) is 3.83. The van der Waals surface area contributed by atoms with E-state index in [1.807, 2.05) is 4.90 Å². The summed E-state index contributed by atoms with van der Waals surface area (Å²) < 4.78 is 5.25. The second-order valence-electron chi connectivity index (χ2n) is 5.00. The summed E-state index contributed by atoms with van der Waals surface area (Å²) in [7, 11) is 0. The van der Waals surface area contributed by atoms with E-state index < -0.39 is 0 Å². The van der Waals surface area contributed by atoms with Crippen molar-refractivity contribution in [3.8, 4) is 0 Å². The summed E-state index contributed by atoms with van der Waals surface area (Å²) >= 11 is 0. The first-order chi connectivity index (χ1) is 8.24. The van der Waals surface area contributed by atoms with E-state index in [4.69, 9.17) is 15.6 Å². The fraction of sp³-hybridized carbons (Fsp3) is 0.917. The number of nitrogens with two attached hydrogens (primary N) is 1. The van der Waals surface area contributed by atoms with Crippen molar-refractivity contribution in [2.75, 3.05) is 26.4 Å². The highest BCUT2D eigenvalue weighted by molar-refractivity contribution is 5.80. The second kappa shape index (κ2) is 5.80. The normalized spacial score (nSPS) is 29.8. The zero-order valence-corrected chi connectivity index (χ0v) is 10.2. The number of carbonyl (C=O) groups excluding carboxylic acids is 1. The van der Waals surface area contributed by atoms with Crippen LogP contribution >= 0.6 is 0 Å². The Labute approximate surface area is 102 Å². The highest BCUT2D eigenvalue weighted by Crippen LogP contribution is 2.26. The zero-order valence-electron chi connectivity index (χ0n) is 10.2. The first-order valence-electron chi connectivity index (χ1n) is 6.48. The van der Waals surface area contributed by atoms with Crippen molar-refractivity contribution >= 4 is 5.91 Å². The van der Waals surface area contributed by atoms with Gasteiger partial charge in [0.05, 0.1) is 25.7 Å². The maximum Gasteiger partial charge on any atom is 0.230 e. The number of ether oxygens (including phenoxy) is 1. The molecule has 2 atom stereocenters. The Morgan fingerprint density at radius 2 is 2.06 bits per heavy atom. The SMILES string of the molecule is NC1COCC1C(=O)N(CCO)C1CCCC1. The summed E-state index contributed by atoms with van der Waals surface area (Å²) in [6, 6.07) is 0.104. The minimum atomic E-state index is -0.220. The van der Waals surface area contributed by atoms with Gasteiger partial charge in [-0.05, 0) is 12.8 Å². The summed E-state index contributed by atoms with van der Waals surface area (Å²) in [5.41, 5.74) is 5.88. The molecule has 0 radical (unpaired) electrons. The van der Waals surface area contributed by atoms with Gasteiger partial charge in [-0.25, -0.2) is 0 Å². The van der Waals surface area contributed by atoms with E-state index in [1.165, 1.54) is 12.8 Å². The molecule has 2 unspecified atom stereocenters. The molecule has 1 aliphatic carbocycles. The molecule has 1 heterocycles. The van der Waals surface area contributed by atoms with Crippen LogP contribution in [-0.4, -0.2) is 54.4 Å². The Balaban J connectivity index is 2.01. The quantitative estimate of drug-likeness (QED) is 0.711. The van der Waals surface area contributed by atoms with Crippen molar-refractivity contribution < 1.29 is 14.6 Å². The minimum absolute atomic E-state index is 0.0189. The summed E-state index contributed by atoms with van der Waals surface area (Å²) in [5, 5.41) is 9.10. The Morgan fingerprint density at radius 3 is 2.59 bits per heavy atom. The van der Waals surface area contributed by atoms with E-state index in [2.05, 4.69) is 0 Å². The first-order valence-corrected chi connectivity index (χ1v) is 6.48. The van der Waals surface area contributed by atoms with E-state index >= 15 is 0 Å². The van der Waals surface area contributed by atoms with Crippen LogP contribution in [0.4, 0.5) is 0 Å². The first kappa shape index (κ1) is 12.8. The van der Waals surface area contributed by atoms with Gasteiger partial charge in [0.15, 0.2) is 0 Å². The van der Waals surface area contributed by atoms with Crippen molar-refractivity contribution in [1.29, 1.82) is 0 Å². The van der Waals surface area contributed by atoms with Gasteiger partial charge in [-0.1, -0.05) is 12.8 Å². The lowest BCUT2D eigenvalue weighted by Crippen LogP contribution is -2.48. The summed E-state index contributed by atoms with van der Waals surface area (Å²) in [5.74, 6) is -0.155. The zero-order chi connectivity index (χ0) is 12.3. The standard InChI is InChI=1S/C12H22N2O3/c13-11-8-17-7-10(11)12(16)14(5-6-15)9-3-1-2-4-9/h9-11,15H,1-8,13H2. The van der Waals surface area contributed by atoms with Gasteiger partial charge >= 0.3 is 0 Å². The van der Waals surface area contributed by atoms with Crippen LogP contribution in [0.5, 0.6) is 0 Å². The molecule has 0 aromatic carbocycles. The lowest BCUT2D eigenvalue weighted by atomic mass is 10.0. The van der Waals surface area contributed by atoms with E-state index in [0.29, 0.717) is 25.8 Å². The molecule has 1 aliphatic heterocycles. The molecule has 0 aromatic rings. The molecular formula is C12H22N2O3. The Kier molecular flexibility index (Phi) is 4.36. The van der Waals surface area contributed by atoms with Gasteiger partial charge in [0.1, 0.15) is 0 Å². The largest absolute Gasteiger partial charge is 0.395 e. The second-order valence-corrected chi connectivity index (χ2v) is 5.00. The third kappa shape index (κ3) is 2.78. The Morgan fingerprint density at radius 1 is 1.35 bits per heavy atom.